The number of nitrogens with zero attached hydrogens (tertiary/aromatic N) is 3. The zero-order valence-corrected chi connectivity index (χ0v) is 18.3. The second kappa shape index (κ2) is 7.89. The van der Waals surface area contributed by atoms with Gasteiger partial charge in [-0.25, -0.2) is 18.4 Å². The molecule has 4 aromatic rings. The van der Waals surface area contributed by atoms with E-state index in [2.05, 4.69) is 15.3 Å². The van der Waals surface area contributed by atoms with Crippen molar-refractivity contribution in [3.8, 4) is 11.4 Å². The number of hydrogen-bond donors (Lipinski definition) is 1. The number of nitrogens with one attached hydrogen (secondary N) is 1. The van der Waals surface area contributed by atoms with Crippen LogP contribution in [0, 0.1) is 0 Å². The van der Waals surface area contributed by atoms with E-state index in [4.69, 9.17) is 11.6 Å². The third kappa shape index (κ3) is 3.79. The number of fused-ring (bicyclic) bond motifs is 1. The van der Waals surface area contributed by atoms with Gasteiger partial charge in [0.2, 0.25) is 10.0 Å². The maximum atomic E-state index is 12.8. The lowest BCUT2D eigenvalue weighted by Gasteiger charge is -2.32. The molecule has 1 fully saturated rings. The number of carbonyl (C=O) groups is 1. The lowest BCUT2D eigenvalue weighted by molar-refractivity contribution is 0.102. The van der Waals surface area contributed by atoms with Crippen LogP contribution < -0.4 is 9.62 Å². The molecule has 1 amide bonds. The second-order valence-corrected chi connectivity index (χ2v) is 9.76. The molecule has 9 heteroatoms. The normalized spacial score (nSPS) is 14.7. The van der Waals surface area contributed by atoms with Gasteiger partial charge in [0.05, 0.1) is 27.5 Å². The highest BCUT2D eigenvalue weighted by atomic mass is 35.5. The lowest BCUT2D eigenvalue weighted by Crippen LogP contribution is -2.47. The average Bonchev–Trinajstić information content (AvgIpc) is 2.78. The molecule has 0 atom stereocenters. The number of benzene rings is 3. The molecule has 3 aromatic carbocycles. The van der Waals surface area contributed by atoms with Gasteiger partial charge in [0.1, 0.15) is 0 Å². The van der Waals surface area contributed by atoms with Gasteiger partial charge in [0.15, 0.2) is 5.82 Å². The number of para-hydroxylation sites is 1. The van der Waals surface area contributed by atoms with Crippen molar-refractivity contribution in [1.29, 1.82) is 0 Å². The first-order chi connectivity index (χ1) is 15.4. The predicted molar refractivity (Wildman–Crippen MR) is 126 cm³/mol. The van der Waals surface area contributed by atoms with Crippen LogP contribution in [0.1, 0.15) is 10.4 Å². The first-order valence-electron chi connectivity index (χ1n) is 9.84. The molecule has 7 nitrogen and oxygen atoms in total. The molecule has 0 bridgehead atoms. The van der Waals surface area contributed by atoms with Crippen LogP contribution in [0.2, 0.25) is 5.02 Å². The van der Waals surface area contributed by atoms with Crippen molar-refractivity contribution in [3.63, 3.8) is 0 Å². The van der Waals surface area contributed by atoms with Gasteiger partial charge in [-0.1, -0.05) is 41.9 Å². The maximum absolute atomic E-state index is 12.8. The smallest absolute Gasteiger partial charge is 0.257 e. The van der Waals surface area contributed by atoms with Crippen LogP contribution in [0.5, 0.6) is 0 Å². The van der Waals surface area contributed by atoms with Crippen LogP contribution in [0.3, 0.4) is 0 Å². The molecular weight excluding hydrogens is 448 g/mol. The minimum Gasteiger partial charge on any atom is -0.322 e. The molecule has 1 aliphatic rings. The van der Waals surface area contributed by atoms with Gasteiger partial charge in [-0.2, -0.15) is 0 Å². The van der Waals surface area contributed by atoms with Gasteiger partial charge in [0, 0.05) is 29.4 Å². The summed E-state index contributed by atoms with van der Waals surface area (Å²) in [4.78, 5) is 21.8. The monoisotopic (exact) mass is 464 g/mol. The van der Waals surface area contributed by atoms with Crippen LogP contribution >= 0.6 is 11.6 Å². The standard InChI is InChI=1S/C23H17ClN4O3S/c24-20-13-18(28-10-11-32(28,30)31)8-9-19(20)23(29)26-17-6-3-5-15(12-17)22-25-14-16-4-1-2-7-21(16)27-22/h1-9,12-14H,10-11H2,(H,26,29). The zero-order chi connectivity index (χ0) is 22.3. The van der Waals surface area contributed by atoms with E-state index in [1.165, 1.54) is 16.4 Å². The third-order valence-corrected chi connectivity index (χ3v) is 7.32. The van der Waals surface area contributed by atoms with E-state index in [-0.39, 0.29) is 16.3 Å². The molecule has 32 heavy (non-hydrogen) atoms. The summed E-state index contributed by atoms with van der Waals surface area (Å²) in [5, 5.41) is 3.95. The Morgan fingerprint density at radius 1 is 1.03 bits per heavy atom. The van der Waals surface area contributed by atoms with Gasteiger partial charge < -0.3 is 5.32 Å². The first-order valence-corrected chi connectivity index (χ1v) is 11.8. The Morgan fingerprint density at radius 2 is 1.88 bits per heavy atom. The summed E-state index contributed by atoms with van der Waals surface area (Å²) >= 11 is 6.29. The molecule has 160 valence electrons. The maximum Gasteiger partial charge on any atom is 0.257 e. The molecule has 0 spiro atoms. The summed E-state index contributed by atoms with van der Waals surface area (Å²) in [6.07, 6.45) is 1.77. The summed E-state index contributed by atoms with van der Waals surface area (Å²) < 4.78 is 24.9. The largest absolute Gasteiger partial charge is 0.322 e. The second-order valence-electron chi connectivity index (χ2n) is 7.34. The highest BCUT2D eigenvalue weighted by Gasteiger charge is 2.33. The van der Waals surface area contributed by atoms with E-state index >= 15 is 0 Å². The van der Waals surface area contributed by atoms with Crippen LogP contribution in [-0.4, -0.2) is 36.6 Å². The average molecular weight is 465 g/mol. The molecule has 1 aromatic heterocycles. The summed E-state index contributed by atoms with van der Waals surface area (Å²) in [5.74, 6) is 0.270. The Kier molecular flexibility index (Phi) is 5.03. The predicted octanol–water partition coefficient (Wildman–Crippen LogP) is 4.35. The Bertz CT molecular complexity index is 1470. The van der Waals surface area contributed by atoms with E-state index < -0.39 is 15.9 Å². The van der Waals surface area contributed by atoms with Crippen molar-refractivity contribution in [1.82, 2.24) is 9.97 Å². The number of carbonyl (C=O) groups excluding carboxylic acids is 1. The number of sulfonamides is 1. The highest BCUT2D eigenvalue weighted by molar-refractivity contribution is 7.94. The molecule has 0 unspecified atom stereocenters. The SMILES string of the molecule is O=C(Nc1cccc(-c2ncc3ccccc3n2)c1)c1ccc(N2CCS2(=O)=O)cc1Cl. The van der Waals surface area contributed by atoms with Gasteiger partial charge in [-0.15, -0.1) is 0 Å². The van der Waals surface area contributed by atoms with Crippen molar-refractivity contribution < 1.29 is 13.2 Å². The summed E-state index contributed by atoms with van der Waals surface area (Å²) in [7, 11) is -3.26. The Morgan fingerprint density at radius 3 is 2.62 bits per heavy atom. The highest BCUT2D eigenvalue weighted by Crippen LogP contribution is 2.30. The first kappa shape index (κ1) is 20.4. The van der Waals surface area contributed by atoms with E-state index in [0.29, 0.717) is 23.7 Å². The topological polar surface area (TPSA) is 92.3 Å². The van der Waals surface area contributed by atoms with Crippen LogP contribution in [0.25, 0.3) is 22.3 Å². The minimum absolute atomic E-state index is 0.115. The minimum atomic E-state index is -3.26. The van der Waals surface area contributed by atoms with Crippen LogP contribution in [0.4, 0.5) is 11.4 Å². The van der Waals surface area contributed by atoms with Gasteiger partial charge in [0.25, 0.3) is 5.91 Å². The third-order valence-electron chi connectivity index (χ3n) is 5.24. The van der Waals surface area contributed by atoms with E-state index in [0.717, 1.165) is 16.5 Å². The summed E-state index contributed by atoms with van der Waals surface area (Å²) in [6, 6.07) is 19.5. The van der Waals surface area contributed by atoms with Gasteiger partial charge in [-0.3, -0.25) is 9.10 Å². The Balaban J connectivity index is 1.38. The van der Waals surface area contributed by atoms with E-state index in [1.54, 1.807) is 24.4 Å². The number of rotatable bonds is 4. The van der Waals surface area contributed by atoms with E-state index in [1.807, 2.05) is 36.4 Å². The van der Waals surface area contributed by atoms with Crippen LogP contribution in [-0.2, 0) is 10.0 Å². The van der Waals surface area contributed by atoms with Crippen molar-refractivity contribution in [2.75, 3.05) is 21.9 Å². The van der Waals surface area contributed by atoms with Crippen molar-refractivity contribution in [3.05, 3.63) is 83.5 Å². The fourth-order valence-electron chi connectivity index (χ4n) is 3.51. The molecule has 0 radical (unpaired) electrons. The lowest BCUT2D eigenvalue weighted by atomic mass is 10.1. The van der Waals surface area contributed by atoms with E-state index in [9.17, 15) is 13.2 Å². The fraction of sp³-hybridized carbons (Fsp3) is 0.0870. The quantitative estimate of drug-likeness (QED) is 0.484. The molecule has 1 N–H and O–H groups in total. The molecule has 2 heterocycles. The number of aromatic nitrogens is 2. The zero-order valence-electron chi connectivity index (χ0n) is 16.7. The molecule has 0 aliphatic carbocycles. The number of anilines is 2. The number of halogens is 1. The molecule has 1 aliphatic heterocycles. The molecule has 5 rings (SSSR count). The Labute approximate surface area is 189 Å². The molecule has 1 saturated heterocycles. The van der Waals surface area contributed by atoms with Crippen molar-refractivity contribution in [2.45, 2.75) is 0 Å². The number of hydrogen-bond acceptors (Lipinski definition) is 5. The fourth-order valence-corrected chi connectivity index (χ4v) is 4.87. The summed E-state index contributed by atoms with van der Waals surface area (Å²) in [6.45, 7) is 0.411. The Hall–Kier alpha value is -3.49. The molecule has 0 saturated carbocycles. The van der Waals surface area contributed by atoms with Gasteiger partial charge >= 0.3 is 0 Å². The van der Waals surface area contributed by atoms with Crippen LogP contribution in [0.15, 0.2) is 72.9 Å². The summed E-state index contributed by atoms with van der Waals surface area (Å²) in [5.41, 5.74) is 2.87. The van der Waals surface area contributed by atoms with Crippen molar-refractivity contribution in [2.24, 2.45) is 0 Å². The molecular formula is C23H17ClN4O3S. The van der Waals surface area contributed by atoms with Gasteiger partial charge in [-0.05, 0) is 36.4 Å². The van der Waals surface area contributed by atoms with Crippen molar-refractivity contribution >= 4 is 49.8 Å². The number of amides is 1.